The van der Waals surface area contributed by atoms with Crippen LogP contribution < -0.4 is 5.32 Å². The minimum Gasteiger partial charge on any atom is -0.292 e. The lowest BCUT2D eigenvalue weighted by Gasteiger charge is -2.02. The highest BCUT2D eigenvalue weighted by Crippen LogP contribution is 2.06. The van der Waals surface area contributed by atoms with Gasteiger partial charge in [0.1, 0.15) is 12.9 Å². The van der Waals surface area contributed by atoms with E-state index in [2.05, 4.69) is 44.8 Å². The van der Waals surface area contributed by atoms with Gasteiger partial charge in [0.15, 0.2) is 0 Å². The van der Waals surface area contributed by atoms with Gasteiger partial charge >= 0.3 is 0 Å². The van der Waals surface area contributed by atoms with Crippen molar-refractivity contribution in [3.63, 3.8) is 0 Å². The van der Waals surface area contributed by atoms with Crippen LogP contribution in [0, 0.1) is 13.8 Å². The molecule has 2 heterocycles. The maximum Gasteiger partial charge on any atom is 0.248 e. The number of rotatable bonds is 5. The number of anilines is 1. The largest absolute Gasteiger partial charge is 0.292 e. The lowest BCUT2D eigenvalue weighted by Crippen LogP contribution is -2.20. The molecule has 0 spiro atoms. The molecule has 118 valence electrons. The van der Waals surface area contributed by atoms with Crippen molar-refractivity contribution in [3.8, 4) is 0 Å². The second kappa shape index (κ2) is 6.43. The van der Waals surface area contributed by atoms with E-state index in [1.807, 2.05) is 20.0 Å². The monoisotopic (exact) mass is 310 g/mol. The summed E-state index contributed by atoms with van der Waals surface area (Å²) in [5.41, 5.74) is 3.36. The topological polar surface area (TPSA) is 77.6 Å². The third kappa shape index (κ3) is 4.03. The number of aryl methyl sites for hydroxylation is 2. The van der Waals surface area contributed by atoms with Gasteiger partial charge in [-0.25, -0.2) is 9.67 Å². The quantitative estimate of drug-likeness (QED) is 0.779. The average Bonchev–Trinajstić information content (AvgIpc) is 3.11. The molecule has 3 rings (SSSR count). The first-order chi connectivity index (χ1) is 11.1. The maximum absolute atomic E-state index is 11.9. The predicted octanol–water partition coefficient (Wildman–Crippen LogP) is 1.78. The number of amides is 1. The Morgan fingerprint density at radius 2 is 1.91 bits per heavy atom. The highest BCUT2D eigenvalue weighted by atomic mass is 16.2. The number of hydrogen-bond donors (Lipinski definition) is 1. The van der Waals surface area contributed by atoms with Gasteiger partial charge in [-0.1, -0.05) is 29.8 Å². The summed E-state index contributed by atoms with van der Waals surface area (Å²) in [5.74, 6) is 0.0900. The Morgan fingerprint density at radius 3 is 2.61 bits per heavy atom. The van der Waals surface area contributed by atoms with Gasteiger partial charge < -0.3 is 0 Å². The lowest BCUT2D eigenvalue weighted by molar-refractivity contribution is -0.116. The van der Waals surface area contributed by atoms with Gasteiger partial charge in [-0.05, 0) is 25.0 Å². The number of benzene rings is 1. The standard InChI is InChI=1S/C16H18N6O/c1-12-3-5-14(6-4-12)9-22-11-17-16(20-22)19-15(23)10-21-8-13(2)7-18-21/h3-8,11H,9-10H2,1-2H3,(H,19,20,23). The molecule has 0 saturated carbocycles. The molecule has 0 unspecified atom stereocenters. The third-order valence-corrected chi connectivity index (χ3v) is 3.32. The van der Waals surface area contributed by atoms with Gasteiger partial charge in [-0.15, -0.1) is 5.10 Å². The fraction of sp³-hybridized carbons (Fsp3) is 0.250. The molecule has 0 aliphatic carbocycles. The Hall–Kier alpha value is -2.96. The molecule has 0 aliphatic heterocycles. The first-order valence-corrected chi connectivity index (χ1v) is 7.32. The van der Waals surface area contributed by atoms with Crippen LogP contribution in [0.2, 0.25) is 0 Å². The van der Waals surface area contributed by atoms with Crippen molar-refractivity contribution >= 4 is 11.9 Å². The average molecular weight is 310 g/mol. The minimum atomic E-state index is -0.207. The molecule has 1 N–H and O–H groups in total. The van der Waals surface area contributed by atoms with Crippen LogP contribution in [-0.2, 0) is 17.9 Å². The molecule has 2 aromatic heterocycles. The molecule has 0 atom stereocenters. The molecule has 0 radical (unpaired) electrons. The molecule has 0 bridgehead atoms. The summed E-state index contributed by atoms with van der Waals surface area (Å²) >= 11 is 0. The van der Waals surface area contributed by atoms with E-state index < -0.39 is 0 Å². The highest BCUT2D eigenvalue weighted by Gasteiger charge is 2.08. The molecule has 3 aromatic rings. The molecular formula is C16H18N6O. The highest BCUT2D eigenvalue weighted by molar-refractivity contribution is 5.88. The first kappa shape index (κ1) is 15.0. The zero-order valence-electron chi connectivity index (χ0n) is 13.1. The Morgan fingerprint density at radius 1 is 1.13 bits per heavy atom. The van der Waals surface area contributed by atoms with Crippen LogP contribution in [0.1, 0.15) is 16.7 Å². The Balaban J connectivity index is 1.58. The van der Waals surface area contributed by atoms with Gasteiger partial charge in [0.2, 0.25) is 11.9 Å². The third-order valence-electron chi connectivity index (χ3n) is 3.32. The van der Waals surface area contributed by atoms with Crippen molar-refractivity contribution in [3.05, 3.63) is 59.7 Å². The van der Waals surface area contributed by atoms with Gasteiger partial charge in [-0.2, -0.15) is 5.10 Å². The predicted molar refractivity (Wildman–Crippen MR) is 85.9 cm³/mol. The maximum atomic E-state index is 11.9. The van der Waals surface area contributed by atoms with Crippen LogP contribution in [0.15, 0.2) is 43.0 Å². The second-order valence-corrected chi connectivity index (χ2v) is 5.51. The van der Waals surface area contributed by atoms with E-state index in [0.717, 1.165) is 11.1 Å². The van der Waals surface area contributed by atoms with Crippen LogP contribution in [0.25, 0.3) is 0 Å². The summed E-state index contributed by atoms with van der Waals surface area (Å²) in [6.45, 7) is 4.73. The number of nitrogens with zero attached hydrogens (tertiary/aromatic N) is 5. The van der Waals surface area contributed by atoms with E-state index in [1.165, 1.54) is 5.56 Å². The van der Waals surface area contributed by atoms with E-state index >= 15 is 0 Å². The summed E-state index contributed by atoms with van der Waals surface area (Å²) in [7, 11) is 0. The number of hydrogen-bond acceptors (Lipinski definition) is 4. The van der Waals surface area contributed by atoms with E-state index in [0.29, 0.717) is 12.5 Å². The van der Waals surface area contributed by atoms with Crippen LogP contribution >= 0.6 is 0 Å². The number of carbonyl (C=O) groups is 1. The van der Waals surface area contributed by atoms with Gasteiger partial charge in [0, 0.05) is 6.20 Å². The van der Waals surface area contributed by atoms with Crippen molar-refractivity contribution < 1.29 is 4.79 Å². The Kier molecular flexibility index (Phi) is 4.18. The normalized spacial score (nSPS) is 10.7. The summed E-state index contributed by atoms with van der Waals surface area (Å²) in [6, 6.07) is 8.21. The fourth-order valence-electron chi connectivity index (χ4n) is 2.17. The summed E-state index contributed by atoms with van der Waals surface area (Å²) < 4.78 is 3.27. The van der Waals surface area contributed by atoms with E-state index in [1.54, 1.807) is 21.9 Å². The van der Waals surface area contributed by atoms with Gasteiger partial charge in [0.05, 0.1) is 12.7 Å². The van der Waals surface area contributed by atoms with Crippen molar-refractivity contribution in [2.24, 2.45) is 0 Å². The smallest absolute Gasteiger partial charge is 0.248 e. The van der Waals surface area contributed by atoms with Crippen molar-refractivity contribution in [1.29, 1.82) is 0 Å². The van der Waals surface area contributed by atoms with Crippen molar-refractivity contribution in [2.45, 2.75) is 26.9 Å². The second-order valence-electron chi connectivity index (χ2n) is 5.51. The molecular weight excluding hydrogens is 292 g/mol. The molecule has 23 heavy (non-hydrogen) atoms. The van der Waals surface area contributed by atoms with Crippen LogP contribution in [0.5, 0.6) is 0 Å². The number of nitrogens with one attached hydrogen (secondary N) is 1. The van der Waals surface area contributed by atoms with Crippen LogP contribution in [0.3, 0.4) is 0 Å². The Labute approximate surface area is 134 Å². The van der Waals surface area contributed by atoms with E-state index in [4.69, 9.17) is 0 Å². The summed E-state index contributed by atoms with van der Waals surface area (Å²) in [4.78, 5) is 16.0. The molecule has 1 aromatic carbocycles. The number of carbonyl (C=O) groups excluding carboxylic acids is 1. The minimum absolute atomic E-state index is 0.139. The van der Waals surface area contributed by atoms with Crippen LogP contribution in [0.4, 0.5) is 5.95 Å². The fourth-order valence-corrected chi connectivity index (χ4v) is 2.17. The zero-order valence-corrected chi connectivity index (χ0v) is 13.1. The van der Waals surface area contributed by atoms with E-state index in [-0.39, 0.29) is 12.5 Å². The van der Waals surface area contributed by atoms with Crippen LogP contribution in [-0.4, -0.2) is 30.5 Å². The number of aromatic nitrogens is 5. The lowest BCUT2D eigenvalue weighted by atomic mass is 10.1. The van der Waals surface area contributed by atoms with Gasteiger partial charge in [-0.3, -0.25) is 14.8 Å². The first-order valence-electron chi connectivity index (χ1n) is 7.32. The molecule has 0 fully saturated rings. The summed E-state index contributed by atoms with van der Waals surface area (Å²) in [6.07, 6.45) is 5.12. The molecule has 7 heteroatoms. The van der Waals surface area contributed by atoms with Crippen molar-refractivity contribution in [1.82, 2.24) is 24.5 Å². The zero-order chi connectivity index (χ0) is 16.2. The molecule has 0 saturated heterocycles. The van der Waals surface area contributed by atoms with Gasteiger partial charge in [0.25, 0.3) is 0 Å². The SMILES string of the molecule is Cc1ccc(Cn2cnc(NC(=O)Cn3cc(C)cn3)n2)cc1. The molecule has 0 aliphatic rings. The summed E-state index contributed by atoms with van der Waals surface area (Å²) in [5, 5.41) is 11.0. The Bertz CT molecular complexity index is 802. The molecule has 7 nitrogen and oxygen atoms in total. The van der Waals surface area contributed by atoms with Crippen molar-refractivity contribution in [2.75, 3.05) is 5.32 Å². The van der Waals surface area contributed by atoms with E-state index in [9.17, 15) is 4.79 Å². The molecule has 1 amide bonds.